The number of amides is 1. The van der Waals surface area contributed by atoms with E-state index in [0.29, 0.717) is 17.7 Å². The molecule has 0 unspecified atom stereocenters. The zero-order chi connectivity index (χ0) is 16.3. The van der Waals surface area contributed by atoms with Crippen LogP contribution >= 0.6 is 0 Å². The third kappa shape index (κ3) is 3.75. The molecule has 0 aliphatic heterocycles. The van der Waals surface area contributed by atoms with E-state index in [0.717, 1.165) is 0 Å². The lowest BCUT2D eigenvalue weighted by Gasteiger charge is -2.14. The number of sulfonamides is 1. The van der Waals surface area contributed by atoms with Crippen molar-refractivity contribution >= 4 is 15.9 Å². The topological polar surface area (TPSA) is 102 Å². The number of rotatable bonds is 6. The largest absolute Gasteiger partial charge is 0.469 e. The lowest BCUT2D eigenvalue weighted by molar-refractivity contribution is 0.0999. The molecule has 0 aliphatic rings. The van der Waals surface area contributed by atoms with E-state index < -0.39 is 15.9 Å². The third-order valence-electron chi connectivity index (χ3n) is 3.23. The van der Waals surface area contributed by atoms with Crippen LogP contribution in [0.2, 0.25) is 0 Å². The number of furan rings is 1. The van der Waals surface area contributed by atoms with Crippen LogP contribution in [0.25, 0.3) is 0 Å². The first-order chi connectivity index (χ1) is 10.3. The molecule has 0 spiro atoms. The number of carbonyl (C=O) groups is 1. The molecular weight excluding hydrogens is 304 g/mol. The molecule has 1 aromatic heterocycles. The zero-order valence-corrected chi connectivity index (χ0v) is 13.2. The number of hydrogen-bond acceptors (Lipinski definition) is 4. The van der Waals surface area contributed by atoms with Crippen LogP contribution in [0.3, 0.4) is 0 Å². The van der Waals surface area contributed by atoms with Gasteiger partial charge in [0.2, 0.25) is 15.9 Å². The Balaban J connectivity index is 2.19. The van der Waals surface area contributed by atoms with Gasteiger partial charge in [-0.3, -0.25) is 4.79 Å². The second-order valence-electron chi connectivity index (χ2n) is 5.15. The monoisotopic (exact) mass is 322 g/mol. The van der Waals surface area contributed by atoms with Crippen LogP contribution in [0.15, 0.2) is 45.9 Å². The van der Waals surface area contributed by atoms with Crippen LogP contribution in [0, 0.1) is 6.92 Å². The van der Waals surface area contributed by atoms with Crippen molar-refractivity contribution in [1.82, 2.24) is 4.72 Å². The molecule has 0 radical (unpaired) electrons. The van der Waals surface area contributed by atoms with Gasteiger partial charge in [-0.25, -0.2) is 13.1 Å². The van der Waals surface area contributed by atoms with Crippen LogP contribution in [0.4, 0.5) is 0 Å². The SMILES string of the molecule is Cc1ccc(S(=O)(=O)N[C@@H](C)Cc2ccco2)cc1C(N)=O. The summed E-state index contributed by atoms with van der Waals surface area (Å²) in [6.07, 6.45) is 1.97. The van der Waals surface area contributed by atoms with Crippen LogP contribution in [0.5, 0.6) is 0 Å². The molecule has 2 rings (SSSR count). The van der Waals surface area contributed by atoms with Gasteiger partial charge in [0.25, 0.3) is 0 Å². The standard InChI is InChI=1S/C15H18N2O4S/c1-10-5-6-13(9-14(10)15(16)18)22(19,20)17-11(2)8-12-4-3-7-21-12/h3-7,9,11,17H,8H2,1-2H3,(H2,16,18)/t11-/m0/s1. The van der Waals surface area contributed by atoms with Crippen molar-refractivity contribution in [3.63, 3.8) is 0 Å². The summed E-state index contributed by atoms with van der Waals surface area (Å²) >= 11 is 0. The minimum Gasteiger partial charge on any atom is -0.469 e. The predicted molar refractivity (Wildman–Crippen MR) is 81.9 cm³/mol. The Hall–Kier alpha value is -2.12. The van der Waals surface area contributed by atoms with Crippen LogP contribution in [-0.4, -0.2) is 20.4 Å². The van der Waals surface area contributed by atoms with Gasteiger partial charge in [-0.05, 0) is 43.7 Å². The predicted octanol–water partition coefficient (Wildman–Crippen LogP) is 1.60. The molecule has 2 aromatic rings. The summed E-state index contributed by atoms with van der Waals surface area (Å²) in [7, 11) is -3.73. The average molecular weight is 322 g/mol. The van der Waals surface area contributed by atoms with Gasteiger partial charge in [0.15, 0.2) is 0 Å². The molecule has 1 amide bonds. The van der Waals surface area contributed by atoms with Crippen molar-refractivity contribution in [1.29, 1.82) is 0 Å². The van der Waals surface area contributed by atoms with Crippen molar-refractivity contribution in [3.8, 4) is 0 Å². The molecule has 0 fully saturated rings. The highest BCUT2D eigenvalue weighted by atomic mass is 32.2. The Morgan fingerprint density at radius 3 is 2.68 bits per heavy atom. The fourth-order valence-electron chi connectivity index (χ4n) is 2.14. The Morgan fingerprint density at radius 2 is 2.09 bits per heavy atom. The Bertz CT molecular complexity index is 767. The number of primary amides is 1. The van der Waals surface area contributed by atoms with Gasteiger partial charge in [0.05, 0.1) is 11.2 Å². The minimum absolute atomic E-state index is 0.0122. The summed E-state index contributed by atoms with van der Waals surface area (Å²) in [5.41, 5.74) is 6.08. The first kappa shape index (κ1) is 16.3. The molecule has 6 nitrogen and oxygen atoms in total. The minimum atomic E-state index is -3.73. The van der Waals surface area contributed by atoms with Gasteiger partial charge in [-0.2, -0.15) is 0 Å². The number of carbonyl (C=O) groups excluding carboxylic acids is 1. The highest BCUT2D eigenvalue weighted by Crippen LogP contribution is 2.16. The first-order valence-corrected chi connectivity index (χ1v) is 8.23. The molecule has 1 aromatic carbocycles. The molecule has 3 N–H and O–H groups in total. The molecule has 118 valence electrons. The van der Waals surface area contributed by atoms with Gasteiger partial charge >= 0.3 is 0 Å². The van der Waals surface area contributed by atoms with E-state index in [1.807, 2.05) is 0 Å². The fraction of sp³-hybridized carbons (Fsp3) is 0.267. The maximum atomic E-state index is 12.4. The van der Waals surface area contributed by atoms with Crippen molar-refractivity contribution in [3.05, 3.63) is 53.5 Å². The highest BCUT2D eigenvalue weighted by Gasteiger charge is 2.20. The van der Waals surface area contributed by atoms with Crippen LogP contribution < -0.4 is 10.5 Å². The molecule has 0 bridgehead atoms. The summed E-state index contributed by atoms with van der Waals surface area (Å²) < 4.78 is 32.5. The van der Waals surface area contributed by atoms with E-state index in [1.54, 1.807) is 32.0 Å². The summed E-state index contributed by atoms with van der Waals surface area (Å²) in [4.78, 5) is 11.3. The molecular formula is C15H18N2O4S. The molecule has 0 saturated heterocycles. The van der Waals surface area contributed by atoms with Crippen molar-refractivity contribution in [2.45, 2.75) is 31.2 Å². The molecule has 7 heteroatoms. The maximum absolute atomic E-state index is 12.4. The van der Waals surface area contributed by atoms with E-state index in [1.165, 1.54) is 18.4 Å². The fourth-order valence-corrected chi connectivity index (χ4v) is 3.41. The van der Waals surface area contributed by atoms with Crippen molar-refractivity contribution < 1.29 is 17.6 Å². The molecule has 22 heavy (non-hydrogen) atoms. The van der Waals surface area contributed by atoms with Crippen LogP contribution in [0.1, 0.15) is 28.6 Å². The second-order valence-corrected chi connectivity index (χ2v) is 6.86. The lowest BCUT2D eigenvalue weighted by Crippen LogP contribution is -2.34. The smallest absolute Gasteiger partial charge is 0.249 e. The van der Waals surface area contributed by atoms with Gasteiger partial charge in [0, 0.05) is 18.0 Å². The van der Waals surface area contributed by atoms with Gasteiger partial charge in [-0.1, -0.05) is 6.07 Å². The van der Waals surface area contributed by atoms with Crippen molar-refractivity contribution in [2.24, 2.45) is 5.73 Å². The number of nitrogens with one attached hydrogen (secondary N) is 1. The van der Waals surface area contributed by atoms with Gasteiger partial charge in [0.1, 0.15) is 5.76 Å². The normalized spacial score (nSPS) is 13.0. The van der Waals surface area contributed by atoms with Gasteiger partial charge in [-0.15, -0.1) is 0 Å². The maximum Gasteiger partial charge on any atom is 0.249 e. The quantitative estimate of drug-likeness (QED) is 0.843. The van der Waals surface area contributed by atoms with E-state index in [2.05, 4.69) is 4.72 Å². The average Bonchev–Trinajstić information content (AvgIpc) is 2.90. The number of nitrogens with two attached hydrogens (primary N) is 1. The Labute approximate surface area is 129 Å². The van der Waals surface area contributed by atoms with Crippen molar-refractivity contribution in [2.75, 3.05) is 0 Å². The molecule has 1 heterocycles. The molecule has 0 saturated carbocycles. The van der Waals surface area contributed by atoms with E-state index >= 15 is 0 Å². The van der Waals surface area contributed by atoms with E-state index in [9.17, 15) is 13.2 Å². The molecule has 1 atom stereocenters. The van der Waals surface area contributed by atoms with Gasteiger partial charge < -0.3 is 10.2 Å². The zero-order valence-electron chi connectivity index (χ0n) is 12.4. The number of aryl methyl sites for hydroxylation is 1. The third-order valence-corrected chi connectivity index (χ3v) is 4.82. The molecule has 0 aliphatic carbocycles. The summed E-state index contributed by atoms with van der Waals surface area (Å²) in [6, 6.07) is 7.47. The first-order valence-electron chi connectivity index (χ1n) is 6.75. The summed E-state index contributed by atoms with van der Waals surface area (Å²) in [5.74, 6) is 0.0371. The van der Waals surface area contributed by atoms with Crippen LogP contribution in [-0.2, 0) is 16.4 Å². The second kappa shape index (κ2) is 6.33. The Kier molecular flexibility index (Phi) is 4.68. The van der Waals surface area contributed by atoms with E-state index in [-0.39, 0.29) is 16.5 Å². The lowest BCUT2D eigenvalue weighted by atomic mass is 10.1. The highest BCUT2D eigenvalue weighted by molar-refractivity contribution is 7.89. The Morgan fingerprint density at radius 1 is 1.36 bits per heavy atom. The summed E-state index contributed by atoms with van der Waals surface area (Å²) in [6.45, 7) is 3.44. The number of hydrogen-bond donors (Lipinski definition) is 2. The van der Waals surface area contributed by atoms with E-state index in [4.69, 9.17) is 10.2 Å². The summed E-state index contributed by atoms with van der Waals surface area (Å²) in [5, 5.41) is 0. The number of benzene rings is 1.